The van der Waals surface area contributed by atoms with E-state index in [4.69, 9.17) is 9.15 Å². The molecule has 8 heteroatoms. The van der Waals surface area contributed by atoms with Crippen LogP contribution in [0.25, 0.3) is 11.5 Å². The van der Waals surface area contributed by atoms with Gasteiger partial charge in [0.25, 0.3) is 0 Å². The smallest absolute Gasteiger partial charge is 0.341 e. The Balaban J connectivity index is 1.61. The molecule has 7 nitrogen and oxygen atoms in total. The maximum Gasteiger partial charge on any atom is 0.341 e. The van der Waals surface area contributed by atoms with Gasteiger partial charge in [0, 0.05) is 23.3 Å². The van der Waals surface area contributed by atoms with E-state index in [2.05, 4.69) is 15.5 Å². The molecule has 0 radical (unpaired) electrons. The second-order valence-corrected chi connectivity index (χ2v) is 7.58. The van der Waals surface area contributed by atoms with Gasteiger partial charge in [-0.15, -0.1) is 21.5 Å². The van der Waals surface area contributed by atoms with Crippen LogP contribution in [0, 0.1) is 6.92 Å². The number of rotatable bonds is 8. The highest BCUT2D eigenvalue weighted by atomic mass is 32.1. The second-order valence-electron chi connectivity index (χ2n) is 6.44. The summed E-state index contributed by atoms with van der Waals surface area (Å²) in [6.07, 6.45) is 1.25. The molecule has 1 amide bonds. The van der Waals surface area contributed by atoms with Crippen LogP contribution in [0.2, 0.25) is 0 Å². The van der Waals surface area contributed by atoms with E-state index in [0.717, 1.165) is 22.4 Å². The lowest BCUT2D eigenvalue weighted by Crippen LogP contribution is -2.14. The molecule has 2 aromatic heterocycles. The van der Waals surface area contributed by atoms with Gasteiger partial charge in [0.05, 0.1) is 12.2 Å². The van der Waals surface area contributed by atoms with Crippen LogP contribution in [0.15, 0.2) is 34.7 Å². The van der Waals surface area contributed by atoms with Crippen molar-refractivity contribution in [2.24, 2.45) is 0 Å². The molecular formula is C21H23N3O4S. The lowest BCUT2D eigenvalue weighted by atomic mass is 10.1. The van der Waals surface area contributed by atoms with E-state index in [-0.39, 0.29) is 18.9 Å². The van der Waals surface area contributed by atoms with Crippen LogP contribution in [-0.4, -0.2) is 28.7 Å². The Morgan fingerprint density at radius 2 is 1.93 bits per heavy atom. The Bertz CT molecular complexity index is 992. The minimum Gasteiger partial charge on any atom is -0.462 e. The summed E-state index contributed by atoms with van der Waals surface area (Å²) >= 11 is 1.38. The summed E-state index contributed by atoms with van der Waals surface area (Å²) in [7, 11) is 0. The molecule has 1 N–H and O–H groups in total. The number of benzene rings is 1. The van der Waals surface area contributed by atoms with E-state index in [1.54, 1.807) is 13.0 Å². The van der Waals surface area contributed by atoms with Crippen LogP contribution >= 0.6 is 11.3 Å². The predicted octanol–water partition coefficient (Wildman–Crippen LogP) is 4.42. The average Bonchev–Trinajstić information content (AvgIpc) is 3.34. The second kappa shape index (κ2) is 9.47. The zero-order valence-electron chi connectivity index (χ0n) is 16.7. The lowest BCUT2D eigenvalue weighted by molar-refractivity contribution is -0.116. The molecule has 0 unspecified atom stereocenters. The van der Waals surface area contributed by atoms with Gasteiger partial charge in [0.1, 0.15) is 5.00 Å². The van der Waals surface area contributed by atoms with Crippen molar-refractivity contribution in [3.8, 4) is 11.5 Å². The Kier molecular flexibility index (Phi) is 6.77. The monoisotopic (exact) mass is 413 g/mol. The molecule has 0 spiro atoms. The summed E-state index contributed by atoms with van der Waals surface area (Å²) in [6.45, 7) is 6.03. The van der Waals surface area contributed by atoms with E-state index in [9.17, 15) is 9.59 Å². The summed E-state index contributed by atoms with van der Waals surface area (Å²) in [4.78, 5) is 25.5. The summed E-state index contributed by atoms with van der Waals surface area (Å²) in [5.74, 6) is 0.158. The maximum absolute atomic E-state index is 12.4. The van der Waals surface area contributed by atoms with Gasteiger partial charge in [-0.1, -0.05) is 24.6 Å². The fourth-order valence-corrected chi connectivity index (χ4v) is 3.65. The summed E-state index contributed by atoms with van der Waals surface area (Å²) in [6, 6.07) is 9.54. The predicted molar refractivity (Wildman–Crippen MR) is 111 cm³/mol. The van der Waals surface area contributed by atoms with E-state index in [1.807, 2.05) is 38.1 Å². The van der Waals surface area contributed by atoms with Crippen molar-refractivity contribution in [3.63, 3.8) is 0 Å². The minimum atomic E-state index is -0.432. The van der Waals surface area contributed by atoms with E-state index >= 15 is 0 Å². The molecule has 29 heavy (non-hydrogen) atoms. The number of amides is 1. The van der Waals surface area contributed by atoms with Crippen LogP contribution in [-0.2, 0) is 22.4 Å². The average molecular weight is 413 g/mol. The fourth-order valence-electron chi connectivity index (χ4n) is 2.65. The number of carbonyl (C=O) groups excluding carboxylic acids is 2. The molecule has 0 saturated carbocycles. The Hall–Kier alpha value is -3.00. The van der Waals surface area contributed by atoms with Crippen molar-refractivity contribution >= 4 is 28.2 Å². The summed E-state index contributed by atoms with van der Waals surface area (Å²) in [5.41, 5.74) is 2.37. The van der Waals surface area contributed by atoms with E-state index in [0.29, 0.717) is 28.8 Å². The number of hydrogen-bond donors (Lipinski definition) is 1. The Morgan fingerprint density at radius 1 is 1.17 bits per heavy atom. The van der Waals surface area contributed by atoms with Gasteiger partial charge in [-0.25, -0.2) is 4.79 Å². The molecular weight excluding hydrogens is 390 g/mol. The van der Waals surface area contributed by atoms with Gasteiger partial charge in [-0.3, -0.25) is 4.79 Å². The van der Waals surface area contributed by atoms with Gasteiger partial charge in [0.2, 0.25) is 17.7 Å². The maximum atomic E-state index is 12.4. The molecule has 0 bridgehead atoms. The number of thiophene rings is 1. The van der Waals surface area contributed by atoms with Gasteiger partial charge in [-0.2, -0.15) is 0 Å². The van der Waals surface area contributed by atoms with Gasteiger partial charge in [0.15, 0.2) is 0 Å². The molecule has 3 rings (SSSR count). The number of nitrogens with zero attached hydrogens (tertiary/aromatic N) is 2. The quantitative estimate of drug-likeness (QED) is 0.550. The van der Waals surface area contributed by atoms with Crippen LogP contribution < -0.4 is 5.32 Å². The molecule has 0 fully saturated rings. The first-order chi connectivity index (χ1) is 14.0. The fraction of sp³-hybridized carbons (Fsp3) is 0.333. The summed E-state index contributed by atoms with van der Waals surface area (Å²) < 4.78 is 10.7. The van der Waals surface area contributed by atoms with Crippen LogP contribution in [0.4, 0.5) is 5.00 Å². The van der Waals surface area contributed by atoms with Gasteiger partial charge in [-0.05, 0) is 38.5 Å². The zero-order valence-corrected chi connectivity index (χ0v) is 17.5. The molecule has 1 aromatic carbocycles. The number of anilines is 1. The highest BCUT2D eigenvalue weighted by Crippen LogP contribution is 2.29. The standard InChI is InChI=1S/C21H23N3O4S/c1-4-15-12-16(21(26)27-5-2)20(29-15)22-17(25)10-11-18-23-24-19(28-18)14-8-6-13(3)7-9-14/h6-9,12H,4-5,10-11H2,1-3H3,(H,22,25). The molecule has 3 aromatic rings. The molecule has 2 heterocycles. The van der Waals surface area contributed by atoms with Crippen molar-refractivity contribution in [2.75, 3.05) is 11.9 Å². The number of aromatic nitrogens is 2. The Labute approximate surface area is 173 Å². The molecule has 152 valence electrons. The summed E-state index contributed by atoms with van der Waals surface area (Å²) in [5, 5.41) is 11.4. The first kappa shape index (κ1) is 20.7. The third-order valence-electron chi connectivity index (χ3n) is 4.21. The zero-order chi connectivity index (χ0) is 20.8. The molecule has 0 aliphatic carbocycles. The Morgan fingerprint density at radius 3 is 2.62 bits per heavy atom. The van der Waals surface area contributed by atoms with Crippen LogP contribution in [0.3, 0.4) is 0 Å². The number of carbonyl (C=O) groups is 2. The normalized spacial score (nSPS) is 10.7. The topological polar surface area (TPSA) is 94.3 Å². The van der Waals surface area contributed by atoms with Crippen molar-refractivity contribution in [3.05, 3.63) is 52.2 Å². The molecule has 0 atom stereocenters. The lowest BCUT2D eigenvalue weighted by Gasteiger charge is -2.05. The van der Waals surface area contributed by atoms with E-state index in [1.165, 1.54) is 11.3 Å². The van der Waals surface area contributed by atoms with Crippen molar-refractivity contribution in [1.82, 2.24) is 10.2 Å². The highest BCUT2D eigenvalue weighted by molar-refractivity contribution is 7.16. The van der Waals surface area contributed by atoms with Crippen LogP contribution in [0.1, 0.15) is 47.0 Å². The highest BCUT2D eigenvalue weighted by Gasteiger charge is 2.19. The molecule has 0 saturated heterocycles. The SMILES string of the molecule is CCOC(=O)c1cc(CC)sc1NC(=O)CCc1nnc(-c2ccc(C)cc2)o1. The van der Waals surface area contributed by atoms with Gasteiger partial charge < -0.3 is 14.5 Å². The number of hydrogen-bond acceptors (Lipinski definition) is 7. The number of ether oxygens (including phenoxy) is 1. The third kappa shape index (κ3) is 5.29. The number of aryl methyl sites for hydroxylation is 3. The van der Waals surface area contributed by atoms with Crippen molar-refractivity contribution in [1.29, 1.82) is 0 Å². The largest absolute Gasteiger partial charge is 0.462 e. The molecule has 0 aliphatic heterocycles. The first-order valence-electron chi connectivity index (χ1n) is 9.49. The number of esters is 1. The van der Waals surface area contributed by atoms with Crippen LogP contribution in [0.5, 0.6) is 0 Å². The van der Waals surface area contributed by atoms with Crippen molar-refractivity contribution < 1.29 is 18.7 Å². The van der Waals surface area contributed by atoms with Crippen molar-refractivity contribution in [2.45, 2.75) is 40.0 Å². The molecule has 0 aliphatic rings. The van der Waals surface area contributed by atoms with Gasteiger partial charge >= 0.3 is 5.97 Å². The van der Waals surface area contributed by atoms with E-state index < -0.39 is 5.97 Å². The number of nitrogens with one attached hydrogen (secondary N) is 1. The third-order valence-corrected chi connectivity index (χ3v) is 5.41. The first-order valence-corrected chi connectivity index (χ1v) is 10.3. The minimum absolute atomic E-state index is 0.164.